The minimum Gasteiger partial charge on any atom is -0.491 e. The van der Waals surface area contributed by atoms with E-state index in [2.05, 4.69) is 0 Å². The number of benzene rings is 1. The number of ether oxygens (including phenoxy) is 2. The summed E-state index contributed by atoms with van der Waals surface area (Å²) in [7, 11) is 0. The smallest absolute Gasteiger partial charge is 0.416 e. The second kappa shape index (κ2) is 5.75. The molecule has 0 aromatic heterocycles. The molecule has 90 valence electrons. The van der Waals surface area contributed by atoms with Crippen LogP contribution in [0.5, 0.6) is 5.75 Å². The summed E-state index contributed by atoms with van der Waals surface area (Å²) >= 11 is 0. The van der Waals surface area contributed by atoms with Gasteiger partial charge in [0.05, 0.1) is 12.2 Å². The van der Waals surface area contributed by atoms with Crippen LogP contribution in [0.2, 0.25) is 0 Å². The normalized spacial score (nSPS) is 11.5. The Balaban J connectivity index is 2.54. The van der Waals surface area contributed by atoms with Gasteiger partial charge in [0.15, 0.2) is 0 Å². The van der Waals surface area contributed by atoms with Gasteiger partial charge in [0.25, 0.3) is 0 Å². The SMILES string of the molecule is CCOCCOc1cccc(C(F)(F)F)c1. The van der Waals surface area contributed by atoms with E-state index in [0.29, 0.717) is 13.2 Å². The van der Waals surface area contributed by atoms with Gasteiger partial charge in [-0.25, -0.2) is 0 Å². The minimum absolute atomic E-state index is 0.203. The highest BCUT2D eigenvalue weighted by Gasteiger charge is 2.30. The molecule has 0 bridgehead atoms. The first-order chi connectivity index (χ1) is 7.54. The molecule has 0 aliphatic heterocycles. The molecule has 0 radical (unpaired) electrons. The fraction of sp³-hybridized carbons (Fsp3) is 0.455. The number of hydrogen-bond acceptors (Lipinski definition) is 2. The third-order valence-corrected chi connectivity index (χ3v) is 1.86. The maximum Gasteiger partial charge on any atom is 0.416 e. The molecule has 0 unspecified atom stereocenters. The number of alkyl halides is 3. The summed E-state index contributed by atoms with van der Waals surface area (Å²) in [5, 5.41) is 0. The summed E-state index contributed by atoms with van der Waals surface area (Å²) < 4.78 is 47.1. The Bertz CT molecular complexity index is 323. The Morgan fingerprint density at radius 1 is 1.19 bits per heavy atom. The lowest BCUT2D eigenvalue weighted by molar-refractivity contribution is -0.137. The molecule has 5 heteroatoms. The second-order valence-electron chi connectivity index (χ2n) is 3.07. The van der Waals surface area contributed by atoms with E-state index in [1.807, 2.05) is 6.92 Å². The van der Waals surface area contributed by atoms with E-state index in [9.17, 15) is 13.2 Å². The number of hydrogen-bond donors (Lipinski definition) is 0. The standard InChI is InChI=1S/C11H13F3O2/c1-2-15-6-7-16-10-5-3-4-9(8-10)11(12,13)14/h3-5,8H,2,6-7H2,1H3. The molecule has 1 aromatic carbocycles. The molecule has 0 fully saturated rings. The van der Waals surface area contributed by atoms with Crippen LogP contribution in [-0.4, -0.2) is 19.8 Å². The molecular weight excluding hydrogens is 221 g/mol. The molecule has 1 aromatic rings. The summed E-state index contributed by atoms with van der Waals surface area (Å²) in [6.07, 6.45) is -4.33. The third kappa shape index (κ3) is 4.10. The van der Waals surface area contributed by atoms with E-state index in [1.165, 1.54) is 12.1 Å². The van der Waals surface area contributed by atoms with Gasteiger partial charge in [0.2, 0.25) is 0 Å². The van der Waals surface area contributed by atoms with Gasteiger partial charge in [0.1, 0.15) is 12.4 Å². The van der Waals surface area contributed by atoms with Crippen molar-refractivity contribution < 1.29 is 22.6 Å². The van der Waals surface area contributed by atoms with E-state index < -0.39 is 11.7 Å². The lowest BCUT2D eigenvalue weighted by Crippen LogP contribution is -2.08. The van der Waals surface area contributed by atoms with Gasteiger partial charge in [0, 0.05) is 6.61 Å². The van der Waals surface area contributed by atoms with Crippen molar-refractivity contribution in [3.63, 3.8) is 0 Å². The zero-order chi connectivity index (χ0) is 12.0. The van der Waals surface area contributed by atoms with E-state index in [0.717, 1.165) is 12.1 Å². The van der Waals surface area contributed by atoms with Gasteiger partial charge in [-0.05, 0) is 25.1 Å². The molecule has 0 spiro atoms. The molecule has 0 atom stereocenters. The molecule has 0 aliphatic carbocycles. The highest BCUT2D eigenvalue weighted by Crippen LogP contribution is 2.31. The van der Waals surface area contributed by atoms with Crippen LogP contribution < -0.4 is 4.74 Å². The Morgan fingerprint density at radius 2 is 1.94 bits per heavy atom. The number of halogens is 3. The van der Waals surface area contributed by atoms with Gasteiger partial charge < -0.3 is 9.47 Å². The first-order valence-corrected chi connectivity index (χ1v) is 4.92. The average molecular weight is 234 g/mol. The Morgan fingerprint density at radius 3 is 2.56 bits per heavy atom. The molecule has 1 rings (SSSR count). The lowest BCUT2D eigenvalue weighted by Gasteiger charge is -2.10. The van der Waals surface area contributed by atoms with Crippen LogP contribution in [-0.2, 0) is 10.9 Å². The van der Waals surface area contributed by atoms with Crippen LogP contribution in [0.1, 0.15) is 12.5 Å². The van der Waals surface area contributed by atoms with Crippen LogP contribution in [0.15, 0.2) is 24.3 Å². The fourth-order valence-electron chi connectivity index (χ4n) is 1.12. The van der Waals surface area contributed by atoms with Gasteiger partial charge in [-0.1, -0.05) is 6.07 Å². The van der Waals surface area contributed by atoms with Gasteiger partial charge >= 0.3 is 6.18 Å². The summed E-state index contributed by atoms with van der Waals surface area (Å²) in [5.41, 5.74) is -0.707. The highest BCUT2D eigenvalue weighted by atomic mass is 19.4. The van der Waals surface area contributed by atoms with Crippen LogP contribution in [0.25, 0.3) is 0 Å². The predicted molar refractivity (Wildman–Crippen MR) is 53.4 cm³/mol. The molecule has 16 heavy (non-hydrogen) atoms. The molecular formula is C11H13F3O2. The van der Waals surface area contributed by atoms with Gasteiger partial charge in [-0.15, -0.1) is 0 Å². The monoisotopic (exact) mass is 234 g/mol. The molecule has 0 saturated heterocycles. The summed E-state index contributed by atoms with van der Waals surface area (Å²) in [4.78, 5) is 0. The van der Waals surface area contributed by atoms with Crippen LogP contribution in [0.3, 0.4) is 0 Å². The van der Waals surface area contributed by atoms with Gasteiger partial charge in [-0.2, -0.15) is 13.2 Å². The van der Waals surface area contributed by atoms with Crippen molar-refractivity contribution in [1.82, 2.24) is 0 Å². The minimum atomic E-state index is -4.33. The number of rotatable bonds is 5. The molecule has 0 amide bonds. The zero-order valence-corrected chi connectivity index (χ0v) is 8.88. The van der Waals surface area contributed by atoms with Crippen molar-refractivity contribution in [2.45, 2.75) is 13.1 Å². The zero-order valence-electron chi connectivity index (χ0n) is 8.88. The van der Waals surface area contributed by atoms with E-state index in [-0.39, 0.29) is 12.4 Å². The average Bonchev–Trinajstić information content (AvgIpc) is 2.24. The topological polar surface area (TPSA) is 18.5 Å². The van der Waals surface area contributed by atoms with Crippen LogP contribution >= 0.6 is 0 Å². The van der Waals surface area contributed by atoms with Crippen molar-refractivity contribution in [3.8, 4) is 5.75 Å². The van der Waals surface area contributed by atoms with Crippen molar-refractivity contribution in [3.05, 3.63) is 29.8 Å². The summed E-state index contributed by atoms with van der Waals surface area (Å²) in [6.45, 7) is 3.01. The first kappa shape index (κ1) is 12.8. The predicted octanol–water partition coefficient (Wildman–Crippen LogP) is 3.12. The maximum absolute atomic E-state index is 12.3. The van der Waals surface area contributed by atoms with E-state index in [1.54, 1.807) is 0 Å². The van der Waals surface area contributed by atoms with Crippen molar-refractivity contribution in [1.29, 1.82) is 0 Å². The van der Waals surface area contributed by atoms with E-state index in [4.69, 9.17) is 9.47 Å². The second-order valence-corrected chi connectivity index (χ2v) is 3.07. The quantitative estimate of drug-likeness (QED) is 0.729. The van der Waals surface area contributed by atoms with Gasteiger partial charge in [-0.3, -0.25) is 0 Å². The fourth-order valence-corrected chi connectivity index (χ4v) is 1.12. The Labute approximate surface area is 92.0 Å². The molecule has 0 aliphatic rings. The first-order valence-electron chi connectivity index (χ1n) is 4.92. The van der Waals surface area contributed by atoms with Crippen molar-refractivity contribution in [2.75, 3.05) is 19.8 Å². The van der Waals surface area contributed by atoms with Crippen molar-refractivity contribution >= 4 is 0 Å². The van der Waals surface area contributed by atoms with Crippen LogP contribution in [0.4, 0.5) is 13.2 Å². The highest BCUT2D eigenvalue weighted by molar-refractivity contribution is 5.30. The summed E-state index contributed by atoms with van der Waals surface area (Å²) in [5.74, 6) is 0.203. The van der Waals surface area contributed by atoms with E-state index >= 15 is 0 Å². The molecule has 2 nitrogen and oxygen atoms in total. The summed E-state index contributed by atoms with van der Waals surface area (Å²) in [6, 6.07) is 4.79. The molecule has 0 saturated carbocycles. The third-order valence-electron chi connectivity index (χ3n) is 1.86. The Kier molecular flexibility index (Phi) is 4.61. The maximum atomic E-state index is 12.3. The largest absolute Gasteiger partial charge is 0.491 e. The van der Waals surface area contributed by atoms with Crippen LogP contribution in [0, 0.1) is 0 Å². The lowest BCUT2D eigenvalue weighted by atomic mass is 10.2. The molecule has 0 N–H and O–H groups in total. The Hall–Kier alpha value is -1.23. The molecule has 0 heterocycles. The van der Waals surface area contributed by atoms with Crippen molar-refractivity contribution in [2.24, 2.45) is 0 Å².